The van der Waals surface area contributed by atoms with Crippen LogP contribution in [0.1, 0.15) is 30.1 Å². The van der Waals surface area contributed by atoms with Crippen LogP contribution >= 0.6 is 23.2 Å². The van der Waals surface area contributed by atoms with Gasteiger partial charge in [0.25, 0.3) is 11.6 Å². The minimum Gasteiger partial charge on any atom is -0.480 e. The zero-order chi connectivity index (χ0) is 16.2. The fraction of sp³-hybridized carbons (Fsp3) is 0.333. The zero-order valence-electron chi connectivity index (χ0n) is 10.9. The van der Waals surface area contributed by atoms with Crippen molar-refractivity contribution in [1.29, 1.82) is 0 Å². The summed E-state index contributed by atoms with van der Waals surface area (Å²) in [5.74, 6) is -1.95. The summed E-state index contributed by atoms with van der Waals surface area (Å²) in [6, 6.07) is 1.03. The molecule has 21 heavy (non-hydrogen) atoms. The van der Waals surface area contributed by atoms with Crippen molar-refractivity contribution in [2.45, 2.75) is 25.8 Å². The average Bonchev–Trinajstić information content (AvgIpc) is 2.40. The first-order chi connectivity index (χ1) is 9.77. The third-order valence-corrected chi connectivity index (χ3v) is 3.44. The highest BCUT2D eigenvalue weighted by Gasteiger charge is 2.23. The van der Waals surface area contributed by atoms with E-state index in [2.05, 4.69) is 5.32 Å². The van der Waals surface area contributed by atoms with E-state index < -0.39 is 28.5 Å². The normalized spacial score (nSPS) is 11.8. The van der Waals surface area contributed by atoms with Gasteiger partial charge in [0.2, 0.25) is 0 Å². The Bertz CT molecular complexity index is 591. The largest absolute Gasteiger partial charge is 0.480 e. The van der Waals surface area contributed by atoms with Gasteiger partial charge in [-0.2, -0.15) is 0 Å². The van der Waals surface area contributed by atoms with Crippen LogP contribution in [0.4, 0.5) is 5.69 Å². The van der Waals surface area contributed by atoms with Gasteiger partial charge in [0.15, 0.2) is 0 Å². The van der Waals surface area contributed by atoms with Crippen molar-refractivity contribution in [3.63, 3.8) is 0 Å². The molecule has 0 aliphatic carbocycles. The fourth-order valence-electron chi connectivity index (χ4n) is 1.63. The first-order valence-corrected chi connectivity index (χ1v) is 6.70. The molecule has 0 aliphatic rings. The zero-order valence-corrected chi connectivity index (χ0v) is 12.4. The van der Waals surface area contributed by atoms with Gasteiger partial charge >= 0.3 is 5.97 Å². The number of amides is 1. The fourth-order valence-corrected chi connectivity index (χ4v) is 2.02. The summed E-state index contributed by atoms with van der Waals surface area (Å²) < 4.78 is 0. The molecule has 2 N–H and O–H groups in total. The number of nitrogens with one attached hydrogen (secondary N) is 1. The number of hydrogen-bond donors (Lipinski definition) is 2. The summed E-state index contributed by atoms with van der Waals surface area (Å²) in [4.78, 5) is 33.0. The Kier molecular flexibility index (Phi) is 5.92. The highest BCUT2D eigenvalue weighted by Crippen LogP contribution is 2.33. The third kappa shape index (κ3) is 4.30. The van der Waals surface area contributed by atoms with Crippen LogP contribution in [-0.4, -0.2) is 27.9 Å². The summed E-state index contributed by atoms with van der Waals surface area (Å²) in [7, 11) is 0. The Morgan fingerprint density at radius 1 is 1.43 bits per heavy atom. The third-order valence-electron chi connectivity index (χ3n) is 2.65. The van der Waals surface area contributed by atoms with E-state index in [-0.39, 0.29) is 22.0 Å². The molecule has 0 aliphatic heterocycles. The predicted molar refractivity (Wildman–Crippen MR) is 76.9 cm³/mol. The number of nitrogens with zero attached hydrogens (tertiary/aromatic N) is 1. The molecular weight excluding hydrogens is 323 g/mol. The molecule has 0 saturated carbocycles. The maximum absolute atomic E-state index is 12.0. The van der Waals surface area contributed by atoms with Gasteiger partial charge < -0.3 is 10.4 Å². The molecule has 1 aromatic carbocycles. The monoisotopic (exact) mass is 334 g/mol. The molecule has 1 unspecified atom stereocenters. The molecule has 1 amide bonds. The Hall–Kier alpha value is -1.86. The minimum atomic E-state index is -1.18. The summed E-state index contributed by atoms with van der Waals surface area (Å²) >= 11 is 11.4. The summed E-state index contributed by atoms with van der Waals surface area (Å²) in [6.07, 6.45) is 0.795. The molecule has 0 aromatic heterocycles. The van der Waals surface area contributed by atoms with E-state index in [1.165, 1.54) is 0 Å². The van der Waals surface area contributed by atoms with E-state index in [9.17, 15) is 19.7 Å². The van der Waals surface area contributed by atoms with Gasteiger partial charge in [-0.15, -0.1) is 0 Å². The second-order valence-electron chi connectivity index (χ2n) is 4.20. The van der Waals surface area contributed by atoms with Gasteiger partial charge in [0.05, 0.1) is 9.95 Å². The van der Waals surface area contributed by atoms with Gasteiger partial charge in [0, 0.05) is 11.6 Å². The highest BCUT2D eigenvalue weighted by molar-refractivity contribution is 6.43. The Morgan fingerprint density at radius 3 is 2.52 bits per heavy atom. The maximum atomic E-state index is 12.0. The van der Waals surface area contributed by atoms with Crippen LogP contribution in [-0.2, 0) is 4.79 Å². The molecule has 0 saturated heterocycles. The number of carbonyl (C=O) groups is 2. The Morgan fingerprint density at radius 2 is 2.05 bits per heavy atom. The van der Waals surface area contributed by atoms with Crippen LogP contribution in [0.25, 0.3) is 0 Å². The van der Waals surface area contributed by atoms with E-state index >= 15 is 0 Å². The van der Waals surface area contributed by atoms with E-state index in [1.807, 2.05) is 0 Å². The number of aliphatic carboxylic acids is 1. The summed E-state index contributed by atoms with van der Waals surface area (Å²) in [5, 5.41) is 21.6. The molecule has 9 heteroatoms. The van der Waals surface area contributed by atoms with Crippen molar-refractivity contribution < 1.29 is 19.6 Å². The predicted octanol–water partition coefficient (Wildman–Crippen LogP) is 2.88. The van der Waals surface area contributed by atoms with E-state index in [0.717, 1.165) is 12.1 Å². The van der Waals surface area contributed by atoms with Crippen LogP contribution < -0.4 is 5.32 Å². The van der Waals surface area contributed by atoms with Gasteiger partial charge in [-0.3, -0.25) is 14.9 Å². The number of carboxylic acids is 1. The molecular formula is C12H12Cl2N2O5. The van der Waals surface area contributed by atoms with Crippen LogP contribution in [0.2, 0.25) is 10.0 Å². The molecule has 0 radical (unpaired) electrons. The number of nitro benzene ring substituents is 1. The lowest BCUT2D eigenvalue weighted by Crippen LogP contribution is -2.40. The molecule has 0 fully saturated rings. The number of hydrogen-bond acceptors (Lipinski definition) is 4. The van der Waals surface area contributed by atoms with Gasteiger partial charge in [-0.05, 0) is 12.5 Å². The second kappa shape index (κ2) is 7.24. The number of rotatable bonds is 6. The Labute approximate surface area is 130 Å². The van der Waals surface area contributed by atoms with Crippen molar-refractivity contribution in [2.24, 2.45) is 0 Å². The minimum absolute atomic E-state index is 0.126. The van der Waals surface area contributed by atoms with Gasteiger partial charge in [0.1, 0.15) is 11.1 Å². The second-order valence-corrected chi connectivity index (χ2v) is 4.99. The van der Waals surface area contributed by atoms with Crippen LogP contribution in [0.5, 0.6) is 0 Å². The molecule has 1 aromatic rings. The topological polar surface area (TPSA) is 110 Å². The lowest BCUT2D eigenvalue weighted by Gasteiger charge is -2.13. The van der Waals surface area contributed by atoms with Crippen LogP contribution in [0.15, 0.2) is 12.1 Å². The van der Waals surface area contributed by atoms with Crippen molar-refractivity contribution in [1.82, 2.24) is 5.32 Å². The standard InChI is InChI=1S/C12H12Cl2N2O5/c1-2-3-8(12(18)19)15-11(17)6-4-7(13)10(14)9(5-6)16(20)21/h4-5,8H,2-3H2,1H3,(H,15,17)(H,18,19). The average molecular weight is 335 g/mol. The van der Waals surface area contributed by atoms with E-state index in [1.54, 1.807) is 6.92 Å². The maximum Gasteiger partial charge on any atom is 0.326 e. The van der Waals surface area contributed by atoms with E-state index in [0.29, 0.717) is 6.42 Å². The number of carbonyl (C=O) groups excluding carboxylic acids is 1. The Balaban J connectivity index is 3.07. The van der Waals surface area contributed by atoms with E-state index in [4.69, 9.17) is 28.3 Å². The quantitative estimate of drug-likeness (QED) is 0.613. The first kappa shape index (κ1) is 17.2. The molecule has 1 rings (SSSR count). The summed E-state index contributed by atoms with van der Waals surface area (Å²) in [5.41, 5.74) is -0.643. The number of halogens is 2. The first-order valence-electron chi connectivity index (χ1n) is 5.95. The molecule has 1 atom stereocenters. The highest BCUT2D eigenvalue weighted by atomic mass is 35.5. The summed E-state index contributed by atoms with van der Waals surface area (Å²) in [6.45, 7) is 1.77. The van der Waals surface area contributed by atoms with Crippen molar-refractivity contribution in [2.75, 3.05) is 0 Å². The SMILES string of the molecule is CCCC(NC(=O)c1cc(Cl)c(Cl)c([N+](=O)[O-])c1)C(=O)O. The lowest BCUT2D eigenvalue weighted by atomic mass is 10.1. The van der Waals surface area contributed by atoms with Crippen LogP contribution in [0.3, 0.4) is 0 Å². The number of nitro groups is 1. The molecule has 7 nitrogen and oxygen atoms in total. The van der Waals surface area contributed by atoms with Gasteiger partial charge in [-0.1, -0.05) is 36.5 Å². The number of carboxylic acid groups (broad SMARTS) is 1. The van der Waals surface area contributed by atoms with Crippen molar-refractivity contribution in [3.05, 3.63) is 37.9 Å². The lowest BCUT2D eigenvalue weighted by molar-refractivity contribution is -0.384. The smallest absolute Gasteiger partial charge is 0.326 e. The van der Waals surface area contributed by atoms with Crippen molar-refractivity contribution in [3.8, 4) is 0 Å². The van der Waals surface area contributed by atoms with Crippen LogP contribution in [0, 0.1) is 10.1 Å². The molecule has 0 heterocycles. The van der Waals surface area contributed by atoms with Crippen molar-refractivity contribution >= 4 is 40.8 Å². The van der Waals surface area contributed by atoms with Gasteiger partial charge in [-0.25, -0.2) is 4.79 Å². The molecule has 0 spiro atoms. The molecule has 0 bridgehead atoms. The number of benzene rings is 1. The molecule has 114 valence electrons.